The normalized spacial score (nSPS) is 11.0. The molecule has 0 aliphatic heterocycles. The van der Waals surface area contributed by atoms with E-state index in [1.807, 2.05) is 29.5 Å². The maximum absolute atomic E-state index is 8.75. The van der Waals surface area contributed by atoms with Crippen LogP contribution in [0.15, 0.2) is 18.2 Å². The van der Waals surface area contributed by atoms with Crippen LogP contribution in [-0.2, 0) is 6.42 Å². The number of hydrogen-bond acceptors (Lipinski definition) is 3. The van der Waals surface area contributed by atoms with Crippen molar-refractivity contribution in [3.8, 4) is 0 Å². The van der Waals surface area contributed by atoms with Gasteiger partial charge in [-0.3, -0.25) is 4.40 Å². The first-order valence-electron chi connectivity index (χ1n) is 4.73. The summed E-state index contributed by atoms with van der Waals surface area (Å²) >= 11 is 0. The second-order valence-electron chi connectivity index (χ2n) is 3.30. The van der Waals surface area contributed by atoms with Crippen molar-refractivity contribution in [2.75, 3.05) is 6.61 Å². The van der Waals surface area contributed by atoms with Gasteiger partial charge in [0.25, 0.3) is 0 Å². The summed E-state index contributed by atoms with van der Waals surface area (Å²) in [7, 11) is 0. The molecule has 0 amide bonds. The highest BCUT2D eigenvalue weighted by atomic mass is 16.2. The summed E-state index contributed by atoms with van der Waals surface area (Å²) in [6, 6.07) is 5.93. The van der Waals surface area contributed by atoms with Crippen LogP contribution in [0.4, 0.5) is 0 Å². The second-order valence-corrected chi connectivity index (χ2v) is 3.30. The quantitative estimate of drug-likeness (QED) is 0.786. The predicted octanol–water partition coefficient (Wildman–Crippen LogP) is 0.963. The first-order valence-corrected chi connectivity index (χ1v) is 4.73. The van der Waals surface area contributed by atoms with E-state index in [0.717, 1.165) is 30.0 Å². The molecule has 0 saturated carbocycles. The molecule has 0 bridgehead atoms. The zero-order valence-electron chi connectivity index (χ0n) is 8.14. The van der Waals surface area contributed by atoms with Crippen LogP contribution in [0.1, 0.15) is 17.9 Å². The third kappa shape index (κ3) is 1.48. The number of aromatic nitrogens is 3. The molecule has 0 spiro atoms. The van der Waals surface area contributed by atoms with E-state index in [2.05, 4.69) is 10.2 Å². The Morgan fingerprint density at radius 3 is 3.00 bits per heavy atom. The molecule has 74 valence electrons. The molecule has 0 aliphatic carbocycles. The number of fused-ring (bicyclic) bond motifs is 1. The van der Waals surface area contributed by atoms with Gasteiger partial charge in [0.1, 0.15) is 5.82 Å². The molecule has 0 saturated heterocycles. The number of rotatable bonds is 3. The number of aliphatic hydroxyl groups excluding tert-OH is 1. The number of nitrogens with zero attached hydrogens (tertiary/aromatic N) is 3. The minimum absolute atomic E-state index is 0.195. The molecule has 2 heterocycles. The van der Waals surface area contributed by atoms with Gasteiger partial charge in [-0.1, -0.05) is 6.07 Å². The van der Waals surface area contributed by atoms with Gasteiger partial charge < -0.3 is 5.11 Å². The van der Waals surface area contributed by atoms with Crippen molar-refractivity contribution in [1.82, 2.24) is 14.6 Å². The van der Waals surface area contributed by atoms with Crippen molar-refractivity contribution in [2.45, 2.75) is 19.8 Å². The first kappa shape index (κ1) is 9.15. The number of pyridine rings is 1. The fourth-order valence-electron chi connectivity index (χ4n) is 1.57. The van der Waals surface area contributed by atoms with Gasteiger partial charge >= 0.3 is 0 Å². The Morgan fingerprint density at radius 2 is 2.21 bits per heavy atom. The lowest BCUT2D eigenvalue weighted by Crippen LogP contribution is -1.99. The number of aryl methyl sites for hydroxylation is 2. The summed E-state index contributed by atoms with van der Waals surface area (Å²) in [6.45, 7) is 2.22. The van der Waals surface area contributed by atoms with E-state index < -0.39 is 0 Å². The third-order valence-corrected chi connectivity index (χ3v) is 2.25. The number of aliphatic hydroxyl groups is 1. The highest BCUT2D eigenvalue weighted by Crippen LogP contribution is 2.08. The van der Waals surface area contributed by atoms with Crippen molar-refractivity contribution in [3.63, 3.8) is 0 Å². The predicted molar refractivity (Wildman–Crippen MR) is 53.1 cm³/mol. The second kappa shape index (κ2) is 3.75. The summed E-state index contributed by atoms with van der Waals surface area (Å²) in [5.74, 6) is 0.923. The summed E-state index contributed by atoms with van der Waals surface area (Å²) in [6.07, 6.45) is 1.50. The molecule has 0 fully saturated rings. The van der Waals surface area contributed by atoms with Gasteiger partial charge in [0, 0.05) is 18.7 Å². The maximum atomic E-state index is 8.75. The largest absolute Gasteiger partial charge is 0.396 e. The van der Waals surface area contributed by atoms with Gasteiger partial charge in [-0.25, -0.2) is 0 Å². The summed E-state index contributed by atoms with van der Waals surface area (Å²) in [5, 5.41) is 16.9. The smallest absolute Gasteiger partial charge is 0.160 e. The molecule has 0 unspecified atom stereocenters. The Kier molecular flexibility index (Phi) is 2.45. The Labute approximate surface area is 82.2 Å². The lowest BCUT2D eigenvalue weighted by molar-refractivity contribution is 0.287. The van der Waals surface area contributed by atoms with Crippen molar-refractivity contribution >= 4 is 5.65 Å². The fourth-order valence-corrected chi connectivity index (χ4v) is 1.57. The lowest BCUT2D eigenvalue weighted by Gasteiger charge is -2.01. The van der Waals surface area contributed by atoms with E-state index in [0.29, 0.717) is 0 Å². The van der Waals surface area contributed by atoms with E-state index in [1.54, 1.807) is 0 Å². The van der Waals surface area contributed by atoms with Crippen LogP contribution in [-0.4, -0.2) is 26.3 Å². The molecular weight excluding hydrogens is 178 g/mol. The molecular formula is C10H13N3O. The van der Waals surface area contributed by atoms with Gasteiger partial charge in [-0.15, -0.1) is 10.2 Å². The molecule has 14 heavy (non-hydrogen) atoms. The highest BCUT2D eigenvalue weighted by molar-refractivity contribution is 5.39. The monoisotopic (exact) mass is 191 g/mol. The molecule has 0 atom stereocenters. The average molecular weight is 191 g/mol. The van der Waals surface area contributed by atoms with E-state index in [4.69, 9.17) is 5.11 Å². The molecule has 4 heteroatoms. The van der Waals surface area contributed by atoms with Gasteiger partial charge in [0.15, 0.2) is 5.65 Å². The highest BCUT2D eigenvalue weighted by Gasteiger charge is 2.05. The fraction of sp³-hybridized carbons (Fsp3) is 0.400. The average Bonchev–Trinajstić information content (AvgIpc) is 2.59. The summed E-state index contributed by atoms with van der Waals surface area (Å²) in [5.41, 5.74) is 2.00. The molecule has 2 rings (SSSR count). The van der Waals surface area contributed by atoms with Gasteiger partial charge in [-0.05, 0) is 25.5 Å². The first-order chi connectivity index (χ1) is 6.83. The maximum Gasteiger partial charge on any atom is 0.160 e. The van der Waals surface area contributed by atoms with E-state index in [-0.39, 0.29) is 6.61 Å². The van der Waals surface area contributed by atoms with Crippen LogP contribution in [0.25, 0.3) is 5.65 Å². The minimum atomic E-state index is 0.195. The van der Waals surface area contributed by atoms with Crippen LogP contribution in [0.3, 0.4) is 0 Å². The van der Waals surface area contributed by atoms with Crippen LogP contribution in [0.5, 0.6) is 0 Å². The molecule has 4 nitrogen and oxygen atoms in total. The Balaban J connectivity index is 2.45. The van der Waals surface area contributed by atoms with Crippen LogP contribution in [0, 0.1) is 6.92 Å². The van der Waals surface area contributed by atoms with E-state index in [1.165, 1.54) is 0 Å². The molecule has 0 radical (unpaired) electrons. The van der Waals surface area contributed by atoms with E-state index >= 15 is 0 Å². The Morgan fingerprint density at radius 1 is 1.36 bits per heavy atom. The topological polar surface area (TPSA) is 50.4 Å². The Bertz CT molecular complexity index is 436. The van der Waals surface area contributed by atoms with Crippen molar-refractivity contribution in [1.29, 1.82) is 0 Å². The minimum Gasteiger partial charge on any atom is -0.396 e. The molecule has 2 aromatic rings. The molecule has 0 aromatic carbocycles. The Hall–Kier alpha value is -1.42. The summed E-state index contributed by atoms with van der Waals surface area (Å²) < 4.78 is 2.02. The lowest BCUT2D eigenvalue weighted by atomic mass is 10.3. The molecule has 0 aliphatic rings. The van der Waals surface area contributed by atoms with Gasteiger partial charge in [0.05, 0.1) is 0 Å². The van der Waals surface area contributed by atoms with Crippen LogP contribution >= 0.6 is 0 Å². The molecule has 2 aromatic heterocycles. The third-order valence-electron chi connectivity index (χ3n) is 2.25. The van der Waals surface area contributed by atoms with Gasteiger partial charge in [-0.2, -0.15) is 0 Å². The zero-order valence-corrected chi connectivity index (χ0v) is 8.14. The molecule has 1 N–H and O–H groups in total. The summed E-state index contributed by atoms with van der Waals surface area (Å²) in [4.78, 5) is 0. The van der Waals surface area contributed by atoms with Gasteiger partial charge in [0.2, 0.25) is 0 Å². The van der Waals surface area contributed by atoms with E-state index in [9.17, 15) is 0 Å². The van der Waals surface area contributed by atoms with Crippen molar-refractivity contribution in [3.05, 3.63) is 29.7 Å². The zero-order chi connectivity index (χ0) is 9.97. The number of hydrogen-bond donors (Lipinski definition) is 1. The van der Waals surface area contributed by atoms with Crippen molar-refractivity contribution in [2.24, 2.45) is 0 Å². The van der Waals surface area contributed by atoms with Crippen molar-refractivity contribution < 1.29 is 5.11 Å². The van der Waals surface area contributed by atoms with Crippen LogP contribution in [0.2, 0.25) is 0 Å². The van der Waals surface area contributed by atoms with Crippen LogP contribution < -0.4 is 0 Å². The standard InChI is InChI=1S/C10H13N3O/c1-8-4-2-5-9-11-12-10(13(8)9)6-3-7-14/h2,4-5,14H,3,6-7H2,1H3. The SMILES string of the molecule is Cc1cccc2nnc(CCCO)n12.